The second-order valence-electron chi connectivity index (χ2n) is 25.2. The molecule has 0 aromatic carbocycles. The molecule has 0 bridgehead atoms. The third-order valence-electron chi connectivity index (χ3n) is 15.5. The van der Waals surface area contributed by atoms with E-state index >= 15 is 0 Å². The predicted molar refractivity (Wildman–Crippen MR) is 417 cm³/mol. The molecule has 0 spiro atoms. The van der Waals surface area contributed by atoms with Gasteiger partial charge in [0.2, 0.25) is 0 Å². The Kier molecular flexibility index (Phi) is 70.1. The first-order valence-corrected chi connectivity index (χ1v) is 41.7. The molecule has 0 fully saturated rings. The third kappa shape index (κ3) is 73.0. The van der Waals surface area contributed by atoms with Crippen molar-refractivity contribution >= 4 is 39.5 Å². The molecule has 0 saturated heterocycles. The normalized spacial score (nSPS) is 14.8. The number of phosphoric ester groups is 2. The van der Waals surface area contributed by atoms with Crippen LogP contribution in [-0.2, 0) is 65.4 Å². The van der Waals surface area contributed by atoms with Gasteiger partial charge in [-0.25, -0.2) is 9.13 Å². The van der Waals surface area contributed by atoms with Gasteiger partial charge in [-0.05, 0) is 141 Å². The minimum Gasteiger partial charge on any atom is -0.462 e. The number of phosphoric acid groups is 2. The highest BCUT2D eigenvalue weighted by atomic mass is 31.2. The van der Waals surface area contributed by atoms with Gasteiger partial charge in [0, 0.05) is 25.7 Å². The Hall–Kier alpha value is -5.32. The number of hydrogen-bond donors (Lipinski definition) is 3. The summed E-state index contributed by atoms with van der Waals surface area (Å²) in [6.07, 6.45) is 85.3. The highest BCUT2D eigenvalue weighted by molar-refractivity contribution is 7.47. The second kappa shape index (κ2) is 74.0. The quantitative estimate of drug-likeness (QED) is 0.0169. The summed E-state index contributed by atoms with van der Waals surface area (Å²) in [6, 6.07) is 0. The van der Waals surface area contributed by atoms with Crippen molar-refractivity contribution in [3.05, 3.63) is 158 Å². The molecule has 0 aromatic heterocycles. The van der Waals surface area contributed by atoms with Crippen LogP contribution in [0.2, 0.25) is 0 Å². The standard InChI is InChI=1S/C83H136O17P2/c1-5-9-13-17-21-25-29-33-36-38-41-44-47-51-55-59-63-67-80(85)93-73-78(99-82(87)69-65-61-57-53-49-43-32-28-24-20-16-12-8-4)75-97-101(89,90)95-71-77(84)72-96-102(91,92)98-76-79(100-83(88)70-66-62-58-54-50-46-40-35-31-27-23-19-15-11-7-3)74-94-81(86)68-64-60-56-52-48-45-42-39-37-34-30-26-22-18-14-10-6-2/h9-11,13-15,21-23,25-27,33-37,40-42,44-45,50-51,54-55,77-79,84H,5-8,12,16-20,24,28-32,38-39,43,46-49,52-53,56-76H2,1-4H3,(H,89,90)(H,91,92)/b13-9-,14-10-,15-11-,25-21-,26-22-,27-23-,36-33-,37-34-,40-35-,44-41-,45-42-,54-50-,55-51-. The van der Waals surface area contributed by atoms with Gasteiger partial charge >= 0.3 is 39.5 Å². The van der Waals surface area contributed by atoms with E-state index in [9.17, 15) is 43.2 Å². The SMILES string of the molecule is CC/C=C\C/C=C\C/C=C\C/C=C\C/C=C\CCCC(=O)OCC(COP(=O)(O)OCC(O)COP(=O)(O)OCC(COC(=O)CCCCCC/C=C\C/C=C\C/C=C\C/C=C\CC)OC(=O)CCCC/C=C\C/C=C\C/C=C\C/C=C\CC)OC(=O)CCCCCCCCCCCCCCC. The van der Waals surface area contributed by atoms with Gasteiger partial charge in [0.25, 0.3) is 0 Å². The van der Waals surface area contributed by atoms with Crippen LogP contribution in [0.3, 0.4) is 0 Å². The molecule has 0 rings (SSSR count). The predicted octanol–water partition coefficient (Wildman–Crippen LogP) is 22.4. The summed E-state index contributed by atoms with van der Waals surface area (Å²) in [5.41, 5.74) is 0. The van der Waals surface area contributed by atoms with Gasteiger partial charge in [-0.1, -0.05) is 276 Å². The Labute approximate surface area is 617 Å². The molecule has 0 aromatic rings. The lowest BCUT2D eigenvalue weighted by atomic mass is 10.0. The van der Waals surface area contributed by atoms with Crippen molar-refractivity contribution in [2.24, 2.45) is 0 Å². The average Bonchev–Trinajstić information content (AvgIpc) is 0.908. The van der Waals surface area contributed by atoms with Crippen LogP contribution in [0.4, 0.5) is 0 Å². The van der Waals surface area contributed by atoms with Crippen LogP contribution in [0.15, 0.2) is 158 Å². The molecule has 3 N–H and O–H groups in total. The van der Waals surface area contributed by atoms with Crippen molar-refractivity contribution in [3.8, 4) is 0 Å². The lowest BCUT2D eigenvalue weighted by molar-refractivity contribution is -0.161. The number of allylic oxidation sites excluding steroid dienone is 26. The smallest absolute Gasteiger partial charge is 0.462 e. The maximum absolute atomic E-state index is 13.1. The van der Waals surface area contributed by atoms with Gasteiger partial charge in [0.1, 0.15) is 19.3 Å². The zero-order valence-electron chi connectivity index (χ0n) is 63.2. The summed E-state index contributed by atoms with van der Waals surface area (Å²) in [6.45, 7) is 4.38. The number of unbranched alkanes of at least 4 members (excludes halogenated alkanes) is 19. The van der Waals surface area contributed by atoms with E-state index in [0.29, 0.717) is 38.5 Å². The first-order valence-electron chi connectivity index (χ1n) is 38.7. The molecule has 0 heterocycles. The van der Waals surface area contributed by atoms with Gasteiger partial charge in [0.15, 0.2) is 12.2 Å². The number of carbonyl (C=O) groups is 4. The Bertz CT molecular complexity index is 2550. The van der Waals surface area contributed by atoms with Crippen LogP contribution in [-0.4, -0.2) is 96.7 Å². The zero-order valence-corrected chi connectivity index (χ0v) is 65.0. The summed E-state index contributed by atoms with van der Waals surface area (Å²) < 4.78 is 68.4. The van der Waals surface area contributed by atoms with E-state index in [2.05, 4.69) is 174 Å². The highest BCUT2D eigenvalue weighted by Crippen LogP contribution is 2.45. The first-order chi connectivity index (χ1) is 49.7. The highest BCUT2D eigenvalue weighted by Gasteiger charge is 2.30. The summed E-state index contributed by atoms with van der Waals surface area (Å²) in [5, 5.41) is 10.6. The van der Waals surface area contributed by atoms with Gasteiger partial charge in [-0.2, -0.15) is 0 Å². The summed E-state index contributed by atoms with van der Waals surface area (Å²) in [4.78, 5) is 72.9. The lowest BCUT2D eigenvalue weighted by Crippen LogP contribution is -2.30. The topological polar surface area (TPSA) is 237 Å². The second-order valence-corrected chi connectivity index (χ2v) is 28.1. The molecule has 19 heteroatoms. The number of rotatable bonds is 71. The number of aliphatic hydroxyl groups is 1. The van der Waals surface area contributed by atoms with Crippen LogP contribution >= 0.6 is 15.6 Å². The summed E-state index contributed by atoms with van der Waals surface area (Å²) in [5.74, 6) is -2.32. The maximum atomic E-state index is 13.1. The molecule has 102 heavy (non-hydrogen) atoms. The lowest BCUT2D eigenvalue weighted by Gasteiger charge is -2.21. The molecule has 5 atom stereocenters. The minimum atomic E-state index is -5.00. The zero-order chi connectivity index (χ0) is 74.6. The molecular weight excluding hydrogens is 1330 g/mol. The van der Waals surface area contributed by atoms with Gasteiger partial charge in [-0.3, -0.25) is 37.3 Å². The number of ether oxygens (including phenoxy) is 4. The molecule has 0 saturated carbocycles. The van der Waals surface area contributed by atoms with E-state index in [1.807, 2.05) is 12.2 Å². The van der Waals surface area contributed by atoms with Crippen LogP contribution in [0.5, 0.6) is 0 Å². The monoisotopic (exact) mass is 1470 g/mol. The minimum absolute atomic E-state index is 0.0308. The fraction of sp³-hybridized carbons (Fsp3) is 0.639. The molecular formula is C83H136O17P2. The fourth-order valence-electron chi connectivity index (χ4n) is 9.71. The molecule has 0 aliphatic heterocycles. The van der Waals surface area contributed by atoms with Crippen molar-refractivity contribution in [1.82, 2.24) is 0 Å². The fourth-order valence-corrected chi connectivity index (χ4v) is 11.3. The molecule has 17 nitrogen and oxygen atoms in total. The van der Waals surface area contributed by atoms with Crippen LogP contribution in [0, 0.1) is 0 Å². The van der Waals surface area contributed by atoms with Gasteiger partial charge < -0.3 is 33.8 Å². The summed E-state index contributed by atoms with van der Waals surface area (Å²) >= 11 is 0. The Morgan fingerprint density at radius 1 is 0.284 bits per heavy atom. The van der Waals surface area contributed by atoms with E-state index in [4.69, 9.17) is 37.0 Å². The number of esters is 4. The van der Waals surface area contributed by atoms with Crippen LogP contribution in [0.25, 0.3) is 0 Å². The van der Waals surface area contributed by atoms with E-state index in [-0.39, 0.29) is 25.7 Å². The van der Waals surface area contributed by atoms with E-state index in [1.165, 1.54) is 51.4 Å². The van der Waals surface area contributed by atoms with Crippen molar-refractivity contribution < 1.29 is 80.2 Å². The Morgan fingerprint density at radius 2 is 0.520 bits per heavy atom. The number of aliphatic hydroxyl groups excluding tert-OH is 1. The number of hydrogen-bond acceptors (Lipinski definition) is 15. The van der Waals surface area contributed by atoms with E-state index in [0.717, 1.165) is 141 Å². The van der Waals surface area contributed by atoms with Crippen molar-refractivity contribution in [1.29, 1.82) is 0 Å². The van der Waals surface area contributed by atoms with Crippen molar-refractivity contribution in [2.75, 3.05) is 39.6 Å². The Balaban J connectivity index is 5.46. The molecule has 580 valence electrons. The maximum Gasteiger partial charge on any atom is 0.472 e. The summed E-state index contributed by atoms with van der Waals surface area (Å²) in [7, 11) is -10.00. The largest absolute Gasteiger partial charge is 0.472 e. The van der Waals surface area contributed by atoms with Crippen molar-refractivity contribution in [3.63, 3.8) is 0 Å². The van der Waals surface area contributed by atoms with Crippen LogP contribution in [0.1, 0.15) is 285 Å². The molecule has 0 radical (unpaired) electrons. The molecule has 5 unspecified atom stereocenters. The van der Waals surface area contributed by atoms with E-state index in [1.54, 1.807) is 0 Å². The van der Waals surface area contributed by atoms with Gasteiger partial charge in [-0.15, -0.1) is 0 Å². The average molecular weight is 1470 g/mol. The molecule has 0 aliphatic rings. The first kappa shape index (κ1) is 96.7. The number of carbonyl (C=O) groups excluding carboxylic acids is 4. The van der Waals surface area contributed by atoms with Gasteiger partial charge in [0.05, 0.1) is 26.4 Å². The Morgan fingerprint density at radius 3 is 0.843 bits per heavy atom. The third-order valence-corrected chi connectivity index (χ3v) is 17.4. The van der Waals surface area contributed by atoms with Crippen molar-refractivity contribution in [2.45, 2.75) is 303 Å². The van der Waals surface area contributed by atoms with E-state index < -0.39 is 97.5 Å². The molecule has 0 amide bonds. The van der Waals surface area contributed by atoms with Crippen LogP contribution < -0.4 is 0 Å². The molecule has 0 aliphatic carbocycles.